The number of carbonyl (C=O) groups is 1. The molecule has 0 saturated heterocycles. The Bertz CT molecular complexity index is 352. The van der Waals surface area contributed by atoms with Gasteiger partial charge in [0.1, 0.15) is 0 Å². The molecule has 0 spiro atoms. The summed E-state index contributed by atoms with van der Waals surface area (Å²) >= 11 is 1.46. The van der Waals surface area contributed by atoms with Crippen molar-refractivity contribution in [2.45, 2.75) is 26.7 Å². The van der Waals surface area contributed by atoms with Crippen LogP contribution in [0, 0.1) is 0 Å². The molecule has 5 heteroatoms. The minimum atomic E-state index is 0.687. The van der Waals surface area contributed by atoms with Gasteiger partial charge in [0, 0.05) is 20.2 Å². The summed E-state index contributed by atoms with van der Waals surface area (Å²) in [6, 6.07) is 0. The number of hydrogen-bond donors (Lipinski definition) is 0. The van der Waals surface area contributed by atoms with Crippen molar-refractivity contribution in [2.24, 2.45) is 0 Å². The third-order valence-electron chi connectivity index (χ3n) is 2.41. The molecule has 96 valence electrons. The molecule has 4 nitrogen and oxygen atoms in total. The Labute approximate surface area is 107 Å². The zero-order valence-electron chi connectivity index (χ0n) is 10.7. The van der Waals surface area contributed by atoms with Crippen LogP contribution in [0.25, 0.3) is 0 Å². The molecule has 0 unspecified atom stereocenters. The molecule has 0 atom stereocenters. The van der Waals surface area contributed by atoms with Crippen molar-refractivity contribution in [1.82, 2.24) is 4.98 Å². The Hall–Kier alpha value is -0.940. The summed E-state index contributed by atoms with van der Waals surface area (Å²) in [5, 5.41) is 0.898. The van der Waals surface area contributed by atoms with E-state index in [4.69, 9.17) is 4.74 Å². The van der Waals surface area contributed by atoms with Crippen molar-refractivity contribution in [3.63, 3.8) is 0 Å². The van der Waals surface area contributed by atoms with Crippen LogP contribution in [0.2, 0.25) is 0 Å². The number of aldehydes is 1. The predicted octanol–water partition coefficient (Wildman–Crippen LogP) is 2.38. The normalized spacial score (nSPS) is 10.5. The Morgan fingerprint density at radius 1 is 1.47 bits per heavy atom. The number of ether oxygens (including phenoxy) is 1. The second-order valence-electron chi connectivity index (χ2n) is 3.79. The van der Waals surface area contributed by atoms with Gasteiger partial charge >= 0.3 is 0 Å². The van der Waals surface area contributed by atoms with Crippen LogP contribution in [0.4, 0.5) is 5.13 Å². The van der Waals surface area contributed by atoms with E-state index in [1.165, 1.54) is 11.3 Å². The maximum Gasteiger partial charge on any atom is 0.186 e. The second kappa shape index (κ2) is 7.40. The second-order valence-corrected chi connectivity index (χ2v) is 4.80. The summed E-state index contributed by atoms with van der Waals surface area (Å²) < 4.78 is 5.30. The zero-order valence-corrected chi connectivity index (χ0v) is 11.5. The first-order valence-corrected chi connectivity index (χ1v) is 6.78. The van der Waals surface area contributed by atoms with E-state index in [0.29, 0.717) is 6.61 Å². The summed E-state index contributed by atoms with van der Waals surface area (Å²) in [7, 11) is 1.97. The van der Waals surface area contributed by atoms with Gasteiger partial charge in [-0.3, -0.25) is 4.79 Å². The molecule has 0 aliphatic heterocycles. The van der Waals surface area contributed by atoms with Crippen LogP contribution in [0.3, 0.4) is 0 Å². The maximum absolute atomic E-state index is 10.9. The van der Waals surface area contributed by atoms with Crippen molar-refractivity contribution >= 4 is 22.8 Å². The third-order valence-corrected chi connectivity index (χ3v) is 3.55. The van der Waals surface area contributed by atoms with Gasteiger partial charge in [0.15, 0.2) is 11.4 Å². The maximum atomic E-state index is 10.9. The average Bonchev–Trinajstić information content (AvgIpc) is 2.73. The Balaban J connectivity index is 2.66. The molecule has 0 amide bonds. The highest BCUT2D eigenvalue weighted by Gasteiger charge is 2.12. The molecule has 0 radical (unpaired) electrons. The van der Waals surface area contributed by atoms with Crippen LogP contribution in [0.5, 0.6) is 0 Å². The van der Waals surface area contributed by atoms with Crippen LogP contribution in [0.15, 0.2) is 0 Å². The minimum absolute atomic E-state index is 0.687. The van der Waals surface area contributed by atoms with Gasteiger partial charge in [-0.2, -0.15) is 0 Å². The zero-order chi connectivity index (χ0) is 12.7. The van der Waals surface area contributed by atoms with Gasteiger partial charge in [-0.25, -0.2) is 4.98 Å². The molecular weight excluding hydrogens is 236 g/mol. The van der Waals surface area contributed by atoms with Gasteiger partial charge < -0.3 is 9.64 Å². The van der Waals surface area contributed by atoms with Gasteiger partial charge in [0.05, 0.1) is 17.2 Å². The van der Waals surface area contributed by atoms with E-state index in [0.717, 1.165) is 48.0 Å². The van der Waals surface area contributed by atoms with Gasteiger partial charge in [-0.05, 0) is 13.3 Å². The lowest BCUT2D eigenvalue weighted by molar-refractivity contribution is 0.112. The number of anilines is 1. The van der Waals surface area contributed by atoms with Gasteiger partial charge in [-0.1, -0.05) is 24.7 Å². The molecule has 0 aliphatic rings. The molecule has 0 bridgehead atoms. The lowest BCUT2D eigenvalue weighted by atomic mass is 10.2. The van der Waals surface area contributed by atoms with Crippen molar-refractivity contribution < 1.29 is 9.53 Å². The molecule has 0 aromatic carbocycles. The molecule has 1 aromatic rings. The number of hydrogen-bond acceptors (Lipinski definition) is 5. The standard InChI is InChI=1S/C12H20N2O2S/c1-4-6-10-11(9-15)17-12(13-10)14(3)7-8-16-5-2/h9H,4-8H2,1-3H3. The molecule has 0 saturated carbocycles. The summed E-state index contributed by atoms with van der Waals surface area (Å²) in [6.45, 7) is 6.28. The number of likely N-dealkylation sites (N-methyl/N-ethyl adjacent to an activating group) is 1. The van der Waals surface area contributed by atoms with E-state index in [2.05, 4.69) is 11.9 Å². The highest BCUT2D eigenvalue weighted by molar-refractivity contribution is 7.17. The topological polar surface area (TPSA) is 42.4 Å². The highest BCUT2D eigenvalue weighted by atomic mass is 32.1. The molecular formula is C12H20N2O2S. The van der Waals surface area contributed by atoms with E-state index in [1.807, 2.05) is 18.9 Å². The SMILES string of the molecule is CCCc1nc(N(C)CCOCC)sc1C=O. The third kappa shape index (κ3) is 4.09. The highest BCUT2D eigenvalue weighted by Crippen LogP contribution is 2.25. The van der Waals surface area contributed by atoms with Gasteiger partial charge in [0.2, 0.25) is 0 Å². The molecule has 0 N–H and O–H groups in total. The summed E-state index contributed by atoms with van der Waals surface area (Å²) in [4.78, 5) is 18.2. The summed E-state index contributed by atoms with van der Waals surface area (Å²) in [5.41, 5.74) is 0.922. The van der Waals surface area contributed by atoms with Crippen molar-refractivity contribution in [3.8, 4) is 0 Å². The number of aryl methyl sites for hydroxylation is 1. The lowest BCUT2D eigenvalue weighted by Gasteiger charge is -2.14. The number of nitrogens with zero attached hydrogens (tertiary/aromatic N) is 2. The van der Waals surface area contributed by atoms with Crippen LogP contribution in [0.1, 0.15) is 35.6 Å². The Morgan fingerprint density at radius 3 is 2.82 bits per heavy atom. The number of aromatic nitrogens is 1. The van der Waals surface area contributed by atoms with E-state index >= 15 is 0 Å². The molecule has 0 aliphatic carbocycles. The lowest BCUT2D eigenvalue weighted by Crippen LogP contribution is -2.22. The fourth-order valence-electron chi connectivity index (χ4n) is 1.46. The van der Waals surface area contributed by atoms with E-state index in [-0.39, 0.29) is 0 Å². The number of carbonyl (C=O) groups excluding carboxylic acids is 1. The minimum Gasteiger partial charge on any atom is -0.380 e. The predicted molar refractivity (Wildman–Crippen MR) is 71.3 cm³/mol. The Kier molecular flexibility index (Phi) is 6.15. The summed E-state index contributed by atoms with van der Waals surface area (Å²) in [5.74, 6) is 0. The molecule has 1 rings (SSSR count). The summed E-state index contributed by atoms with van der Waals surface area (Å²) in [6.07, 6.45) is 2.78. The largest absolute Gasteiger partial charge is 0.380 e. The average molecular weight is 256 g/mol. The fraction of sp³-hybridized carbons (Fsp3) is 0.667. The molecule has 0 fully saturated rings. The monoisotopic (exact) mass is 256 g/mol. The van der Waals surface area contributed by atoms with Crippen molar-refractivity contribution in [2.75, 3.05) is 31.7 Å². The molecule has 1 heterocycles. The van der Waals surface area contributed by atoms with Gasteiger partial charge in [0.25, 0.3) is 0 Å². The van der Waals surface area contributed by atoms with E-state index < -0.39 is 0 Å². The number of thiazole rings is 1. The first kappa shape index (κ1) is 14.1. The van der Waals surface area contributed by atoms with Crippen LogP contribution >= 0.6 is 11.3 Å². The van der Waals surface area contributed by atoms with E-state index in [1.54, 1.807) is 0 Å². The number of rotatable bonds is 8. The molecule has 17 heavy (non-hydrogen) atoms. The molecule has 1 aromatic heterocycles. The van der Waals surface area contributed by atoms with Crippen molar-refractivity contribution in [1.29, 1.82) is 0 Å². The first-order valence-electron chi connectivity index (χ1n) is 5.96. The van der Waals surface area contributed by atoms with Crippen molar-refractivity contribution in [3.05, 3.63) is 10.6 Å². The fourth-order valence-corrected chi connectivity index (χ4v) is 2.38. The van der Waals surface area contributed by atoms with Crippen LogP contribution in [-0.2, 0) is 11.2 Å². The van der Waals surface area contributed by atoms with Crippen LogP contribution < -0.4 is 4.90 Å². The van der Waals surface area contributed by atoms with E-state index in [9.17, 15) is 4.79 Å². The quantitative estimate of drug-likeness (QED) is 0.529. The first-order chi connectivity index (χ1) is 8.22. The smallest absolute Gasteiger partial charge is 0.186 e. The van der Waals surface area contributed by atoms with Gasteiger partial charge in [-0.15, -0.1) is 0 Å². The Morgan fingerprint density at radius 2 is 2.24 bits per heavy atom. The van der Waals surface area contributed by atoms with Crippen LogP contribution in [-0.4, -0.2) is 38.1 Å².